The number of esters is 2. The number of allylic oxidation sites excluding steroid dienone is 1. The molecule has 8 N–H and O–H groups in total. The summed E-state index contributed by atoms with van der Waals surface area (Å²) in [5, 5.41) is 10.7. The maximum Gasteiger partial charge on any atom is 0.481 e. The van der Waals surface area contributed by atoms with Crippen LogP contribution in [-0.2, 0) is 81.4 Å². The molecule has 11 atom stereocenters. The Hall–Kier alpha value is -6.21. The first kappa shape index (κ1) is 73.9. The van der Waals surface area contributed by atoms with Crippen LogP contribution in [0.2, 0.25) is 0 Å². The summed E-state index contributed by atoms with van der Waals surface area (Å²) < 4.78 is 59.7. The Bertz CT molecular complexity index is 2540. The molecule has 1 aliphatic rings. The first-order chi connectivity index (χ1) is 39.3. The molecular formula is C55H89N7O20P2. The van der Waals surface area contributed by atoms with Crippen LogP contribution in [0.15, 0.2) is 53.6 Å². The van der Waals surface area contributed by atoms with Gasteiger partial charge in [0.05, 0.1) is 19.8 Å². The van der Waals surface area contributed by atoms with Gasteiger partial charge < -0.3 is 65.5 Å². The summed E-state index contributed by atoms with van der Waals surface area (Å²) in [6.45, 7) is 14.6. The number of amides is 7. The van der Waals surface area contributed by atoms with Gasteiger partial charge >= 0.3 is 39.8 Å². The average molecular weight is 1230 g/mol. The van der Waals surface area contributed by atoms with Gasteiger partial charge in [-0.2, -0.15) is 4.31 Å². The van der Waals surface area contributed by atoms with E-state index in [1.807, 2.05) is 20.8 Å². The third-order valence-electron chi connectivity index (χ3n) is 13.7. The number of rotatable bonds is 23. The van der Waals surface area contributed by atoms with E-state index in [4.69, 9.17) is 24.5 Å². The zero-order valence-electron chi connectivity index (χ0n) is 50.3. The number of unbranched alkanes of at least 4 members (excludes halogenated alkanes) is 4. The number of phosphoric ester groups is 2. The van der Waals surface area contributed by atoms with Crippen LogP contribution < -0.4 is 27.0 Å². The first-order valence-corrected chi connectivity index (χ1v) is 31.0. The van der Waals surface area contributed by atoms with E-state index in [0.717, 1.165) is 4.90 Å². The van der Waals surface area contributed by atoms with Gasteiger partial charge in [0.2, 0.25) is 23.6 Å². The molecule has 0 aliphatic carbocycles. The van der Waals surface area contributed by atoms with E-state index in [0.29, 0.717) is 43.2 Å². The maximum atomic E-state index is 14.3. The summed E-state index contributed by atoms with van der Waals surface area (Å²) in [5.41, 5.74) is 6.04. The molecule has 0 spiro atoms. The number of phosphoric acid groups is 2. The third kappa shape index (κ3) is 26.8. The van der Waals surface area contributed by atoms with Gasteiger partial charge in [-0.25, -0.2) is 28.3 Å². The minimum Gasteiger partial charge on any atom is -0.456 e. The molecule has 7 amide bonds. The zero-order chi connectivity index (χ0) is 63.5. The highest BCUT2D eigenvalue weighted by atomic mass is 31.3. The minimum atomic E-state index is -5.06. The van der Waals surface area contributed by atoms with Crippen LogP contribution in [0.1, 0.15) is 126 Å². The molecule has 2 unspecified atom stereocenters. The van der Waals surface area contributed by atoms with Crippen molar-refractivity contribution >= 4 is 69.3 Å². The molecule has 29 heteroatoms. The SMILES string of the molecule is C/C=C(\C)[C@H]1OC(=O)[C@@H](C)NC(=O)[C@H]([C@H](C)CC)NC(=O)CN(C)C(=O)[C@@H](Cc2ccccc2)N(C)C(=O)[C@H](C)NC(=O)[C@@H](CC(C)C)OC(=O)/C(C)=C/C[C@H](OC(=O)NCCCCCCCOP(=O)(O)OP(=O)(O)OCCOC(N)=O)[C@@H]1C. The predicted molar refractivity (Wildman–Crippen MR) is 307 cm³/mol. The van der Waals surface area contributed by atoms with E-state index in [9.17, 15) is 62.1 Å². The second-order valence-corrected chi connectivity index (χ2v) is 24.2. The highest BCUT2D eigenvalue weighted by Gasteiger charge is 2.39. The molecule has 474 valence electrons. The monoisotopic (exact) mass is 1230 g/mol. The zero-order valence-corrected chi connectivity index (χ0v) is 52.1. The highest BCUT2D eigenvalue weighted by molar-refractivity contribution is 7.61. The molecule has 0 fully saturated rings. The number of ether oxygens (including phenoxy) is 4. The molecule has 1 aromatic carbocycles. The maximum absolute atomic E-state index is 14.3. The largest absolute Gasteiger partial charge is 0.481 e. The summed E-state index contributed by atoms with van der Waals surface area (Å²) in [6, 6.07) is 4.03. The quantitative estimate of drug-likeness (QED) is 0.0241. The van der Waals surface area contributed by atoms with Crippen molar-refractivity contribution in [3.63, 3.8) is 0 Å². The summed E-state index contributed by atoms with van der Waals surface area (Å²) in [6.07, 6.45) is 0.273. The van der Waals surface area contributed by atoms with E-state index < -0.39 is 143 Å². The number of cyclic esters (lactones) is 2. The van der Waals surface area contributed by atoms with Crippen molar-refractivity contribution < 1.29 is 94.4 Å². The van der Waals surface area contributed by atoms with Crippen molar-refractivity contribution in [1.29, 1.82) is 0 Å². The van der Waals surface area contributed by atoms with Crippen LogP contribution in [0.5, 0.6) is 0 Å². The van der Waals surface area contributed by atoms with E-state index in [1.54, 1.807) is 64.1 Å². The Balaban J connectivity index is 2.44. The van der Waals surface area contributed by atoms with Crippen molar-refractivity contribution in [3.8, 4) is 0 Å². The Labute approximate surface area is 492 Å². The molecule has 0 saturated carbocycles. The van der Waals surface area contributed by atoms with Gasteiger partial charge in [-0.1, -0.05) is 103 Å². The van der Waals surface area contributed by atoms with Gasteiger partial charge in [0.25, 0.3) is 5.91 Å². The standard InChI is InChI=1S/C55H89N7O20P2/c1-13-35(5)46-49(65)59-40(10)53(69)81-47(36(6)14-2)38(8)43(80-55(71)57-27-21-16-15-17-22-28-77-83(72,73)82-84(74,75)78-30-29-76-54(56)70)26-25-37(7)52(68)79-44(31-34(3)4)48(64)58-39(9)50(66)62(12)42(32-41-23-19-18-20-24-41)51(67)61(11)33-45(63)60-46/h14,18-20,23-25,34-35,38-40,42-44,46-47H,13,15-17,21-22,26-33H2,1-12H3,(H2,56,70)(H,57,71)(H,58,64)(H,59,65)(H,60,63)(H,72,73)(H,74,75)/b36-14+,37-25+/t35-,38+,39+,40-,42-,43+,44-,46+,47-/m1/s1. The van der Waals surface area contributed by atoms with Crippen LogP contribution in [0.4, 0.5) is 9.59 Å². The van der Waals surface area contributed by atoms with Gasteiger partial charge in [0, 0.05) is 45.0 Å². The van der Waals surface area contributed by atoms with E-state index >= 15 is 0 Å². The van der Waals surface area contributed by atoms with Crippen LogP contribution in [0.25, 0.3) is 0 Å². The number of hydrogen-bond acceptors (Lipinski definition) is 18. The molecule has 1 aromatic rings. The fourth-order valence-corrected chi connectivity index (χ4v) is 10.6. The predicted octanol–water partition coefficient (Wildman–Crippen LogP) is 5.27. The van der Waals surface area contributed by atoms with Crippen LogP contribution in [-0.4, -0.2) is 163 Å². The number of nitrogens with two attached hydrogens (primary N) is 1. The van der Waals surface area contributed by atoms with Crippen molar-refractivity contribution in [2.24, 2.45) is 23.5 Å². The summed E-state index contributed by atoms with van der Waals surface area (Å²) in [7, 11) is -7.29. The second kappa shape index (κ2) is 36.6. The lowest BCUT2D eigenvalue weighted by Gasteiger charge is -2.33. The fraction of sp³-hybridized carbons (Fsp3) is 0.655. The molecule has 0 bridgehead atoms. The molecule has 1 aliphatic heterocycles. The number of benzene rings is 1. The molecule has 84 heavy (non-hydrogen) atoms. The van der Waals surface area contributed by atoms with Crippen LogP contribution in [0, 0.1) is 17.8 Å². The van der Waals surface area contributed by atoms with Crippen molar-refractivity contribution in [3.05, 3.63) is 59.2 Å². The number of likely N-dealkylation sites (N-methyl/N-ethyl adjacent to an activating group) is 2. The topological polar surface area (TPSA) is 373 Å². The normalized spacial score (nSPS) is 25.1. The van der Waals surface area contributed by atoms with Gasteiger partial charge in [-0.05, 0) is 76.9 Å². The second-order valence-electron chi connectivity index (χ2n) is 21.1. The summed E-state index contributed by atoms with van der Waals surface area (Å²) in [4.78, 5) is 144. The highest BCUT2D eigenvalue weighted by Crippen LogP contribution is 2.60. The van der Waals surface area contributed by atoms with E-state index in [2.05, 4.69) is 34.8 Å². The number of carbonyl (C=O) groups excluding carboxylic acids is 9. The van der Waals surface area contributed by atoms with E-state index in [1.165, 1.54) is 45.8 Å². The number of primary amides is 1. The molecule has 0 saturated heterocycles. The minimum absolute atomic E-state index is 0.0245. The smallest absolute Gasteiger partial charge is 0.456 e. The Kier molecular flexibility index (Phi) is 32.2. The Morgan fingerprint density at radius 1 is 0.845 bits per heavy atom. The van der Waals surface area contributed by atoms with Gasteiger partial charge in [0.1, 0.15) is 43.0 Å². The molecule has 2 rings (SSSR count). The number of hydrogen-bond donors (Lipinski definition) is 7. The number of nitrogens with zero attached hydrogens (tertiary/aromatic N) is 2. The van der Waals surface area contributed by atoms with Crippen LogP contribution >= 0.6 is 15.6 Å². The van der Waals surface area contributed by atoms with E-state index in [-0.39, 0.29) is 50.3 Å². The van der Waals surface area contributed by atoms with Gasteiger partial charge in [-0.15, -0.1) is 0 Å². The molecule has 0 aromatic heterocycles. The van der Waals surface area contributed by atoms with Crippen molar-refractivity contribution in [1.82, 2.24) is 31.1 Å². The number of carbonyl (C=O) groups is 9. The molecule has 1 heterocycles. The van der Waals surface area contributed by atoms with Crippen LogP contribution in [0.3, 0.4) is 0 Å². The van der Waals surface area contributed by atoms with Gasteiger partial charge in [-0.3, -0.25) is 33.0 Å². The summed E-state index contributed by atoms with van der Waals surface area (Å²) >= 11 is 0. The Morgan fingerprint density at radius 2 is 1.45 bits per heavy atom. The fourth-order valence-electron chi connectivity index (χ4n) is 8.47. The third-order valence-corrected chi connectivity index (χ3v) is 16.4. The molecular weight excluding hydrogens is 1140 g/mol. The summed E-state index contributed by atoms with van der Waals surface area (Å²) in [5.74, 6) is -6.69. The lowest BCUT2D eigenvalue weighted by atomic mass is 9.90. The first-order valence-electron chi connectivity index (χ1n) is 28.0. The molecule has 27 nitrogen and oxygen atoms in total. The van der Waals surface area contributed by atoms with Crippen molar-refractivity contribution in [2.75, 3.05) is 47.0 Å². The number of nitrogens with one attached hydrogen (secondary N) is 4. The molecule has 0 radical (unpaired) electrons. The van der Waals surface area contributed by atoms with Crippen molar-refractivity contribution in [2.45, 2.75) is 170 Å². The number of alkyl carbamates (subject to hydrolysis) is 1. The average Bonchev–Trinajstić information content (AvgIpc) is 3.55. The lowest BCUT2D eigenvalue weighted by molar-refractivity contribution is -0.155. The lowest BCUT2D eigenvalue weighted by Crippen LogP contribution is -2.57. The van der Waals surface area contributed by atoms with Gasteiger partial charge in [0.15, 0.2) is 6.10 Å². The Morgan fingerprint density at radius 3 is 2.06 bits per heavy atom.